The van der Waals surface area contributed by atoms with Crippen LogP contribution in [-0.2, 0) is 9.63 Å². The number of ketones is 1. The molecule has 0 spiro atoms. The van der Waals surface area contributed by atoms with Gasteiger partial charge in [-0.1, -0.05) is 22.9 Å². The summed E-state index contributed by atoms with van der Waals surface area (Å²) in [6.45, 7) is 5.92. The van der Waals surface area contributed by atoms with Crippen LogP contribution in [0, 0.1) is 26.7 Å². The quantitative estimate of drug-likeness (QED) is 0.509. The highest BCUT2D eigenvalue weighted by molar-refractivity contribution is 6.24. The van der Waals surface area contributed by atoms with Gasteiger partial charge in [-0.2, -0.15) is 0 Å². The van der Waals surface area contributed by atoms with E-state index in [0.29, 0.717) is 12.0 Å². The first-order valence-electron chi connectivity index (χ1n) is 7.25. The van der Waals surface area contributed by atoms with Gasteiger partial charge in [0.15, 0.2) is 5.78 Å². The number of allylic oxidation sites excluding steroid dienone is 2. The van der Waals surface area contributed by atoms with E-state index in [9.17, 15) is 9.90 Å². The molecule has 1 aromatic carbocycles. The third-order valence-corrected chi connectivity index (χ3v) is 3.94. The van der Waals surface area contributed by atoms with Crippen LogP contribution >= 0.6 is 0 Å². The molecule has 0 bridgehead atoms. The lowest BCUT2D eigenvalue weighted by atomic mass is 9.92. The number of nitrogens with zero attached hydrogens (tertiary/aromatic N) is 1. The van der Waals surface area contributed by atoms with Gasteiger partial charge in [-0.05, 0) is 37.5 Å². The number of Topliss-reactive ketones (excluding diaryl/α,β-unsaturated/α-hetero) is 1. The van der Waals surface area contributed by atoms with E-state index in [1.165, 1.54) is 7.11 Å². The van der Waals surface area contributed by atoms with E-state index in [-0.39, 0.29) is 29.7 Å². The molecule has 2 rings (SSSR count). The number of hydrogen-bond donors (Lipinski definition) is 2. The Morgan fingerprint density at radius 1 is 1.36 bits per heavy atom. The lowest BCUT2D eigenvalue weighted by molar-refractivity contribution is -0.113. The summed E-state index contributed by atoms with van der Waals surface area (Å²) in [6.07, 6.45) is 0.548. The molecule has 1 unspecified atom stereocenters. The number of aliphatic hydroxyl groups is 1. The first-order valence-corrected chi connectivity index (χ1v) is 7.25. The lowest BCUT2D eigenvalue weighted by Crippen LogP contribution is -2.17. The van der Waals surface area contributed by atoms with Crippen LogP contribution in [-0.4, -0.2) is 23.8 Å². The maximum absolute atomic E-state index is 12.4. The number of carbonyl (C=O) groups is 1. The molecule has 1 atom stereocenters. The minimum absolute atomic E-state index is 0.0530. The zero-order chi connectivity index (χ0) is 16.4. The molecule has 1 aliphatic carbocycles. The van der Waals surface area contributed by atoms with Crippen molar-refractivity contribution < 1.29 is 14.7 Å². The van der Waals surface area contributed by atoms with Crippen molar-refractivity contribution in [1.29, 1.82) is 0 Å². The maximum atomic E-state index is 12.4. The highest BCUT2D eigenvalue weighted by Crippen LogP contribution is 2.38. The van der Waals surface area contributed by atoms with Crippen LogP contribution in [0.4, 0.5) is 0 Å². The topological polar surface area (TPSA) is 84.9 Å². The monoisotopic (exact) mass is 302 g/mol. The molecule has 0 radical (unpaired) electrons. The van der Waals surface area contributed by atoms with E-state index in [4.69, 9.17) is 5.73 Å². The zero-order valence-electron chi connectivity index (χ0n) is 13.4. The lowest BCUT2D eigenvalue weighted by Gasteiger charge is -2.13. The predicted octanol–water partition coefficient (Wildman–Crippen LogP) is 2.78. The summed E-state index contributed by atoms with van der Waals surface area (Å²) in [6, 6.07) is 4.04. The third-order valence-electron chi connectivity index (χ3n) is 3.94. The maximum Gasteiger partial charge on any atom is 0.167 e. The van der Waals surface area contributed by atoms with Gasteiger partial charge >= 0.3 is 0 Å². The standard InChI is InChI=1S/C17H22N2O3/c1-9-5-10(2)15(11(3)6-9)16-13(20)7-12(17(16)21)8-14(18)19-22-4/h5-6,12,21H,7-8H2,1-4H3,(H2,18,19). The molecule has 0 heterocycles. The van der Waals surface area contributed by atoms with Gasteiger partial charge in [0, 0.05) is 18.8 Å². The van der Waals surface area contributed by atoms with Gasteiger partial charge in [-0.25, -0.2) is 0 Å². The average molecular weight is 302 g/mol. The Morgan fingerprint density at radius 2 is 1.95 bits per heavy atom. The zero-order valence-corrected chi connectivity index (χ0v) is 13.4. The van der Waals surface area contributed by atoms with E-state index in [1.807, 2.05) is 32.9 Å². The van der Waals surface area contributed by atoms with Crippen molar-refractivity contribution in [2.45, 2.75) is 33.6 Å². The molecule has 0 aromatic heterocycles. The minimum Gasteiger partial charge on any atom is -0.511 e. The predicted molar refractivity (Wildman–Crippen MR) is 86.6 cm³/mol. The molecular formula is C17H22N2O3. The molecule has 22 heavy (non-hydrogen) atoms. The Hall–Kier alpha value is -2.30. The van der Waals surface area contributed by atoms with Crippen LogP contribution in [0.1, 0.15) is 35.1 Å². The summed E-state index contributed by atoms with van der Waals surface area (Å²) in [7, 11) is 1.41. The molecule has 1 aliphatic rings. The second-order valence-electron chi connectivity index (χ2n) is 5.83. The number of aliphatic hydroxyl groups excluding tert-OH is 1. The molecular weight excluding hydrogens is 280 g/mol. The number of rotatable bonds is 4. The van der Waals surface area contributed by atoms with Crippen molar-refractivity contribution in [2.75, 3.05) is 7.11 Å². The fourth-order valence-electron chi connectivity index (χ4n) is 3.19. The number of aryl methyl sites for hydroxylation is 3. The van der Waals surface area contributed by atoms with Crippen molar-refractivity contribution in [2.24, 2.45) is 16.8 Å². The van der Waals surface area contributed by atoms with Crippen LogP contribution in [0.15, 0.2) is 23.0 Å². The Morgan fingerprint density at radius 3 is 2.50 bits per heavy atom. The van der Waals surface area contributed by atoms with E-state index in [1.54, 1.807) is 0 Å². The number of carbonyl (C=O) groups excluding carboxylic acids is 1. The number of benzene rings is 1. The van der Waals surface area contributed by atoms with Crippen LogP contribution in [0.3, 0.4) is 0 Å². The first kappa shape index (κ1) is 16.1. The van der Waals surface area contributed by atoms with Crippen molar-refractivity contribution in [1.82, 2.24) is 0 Å². The summed E-state index contributed by atoms with van der Waals surface area (Å²) in [5.74, 6) is -0.0102. The molecule has 5 nitrogen and oxygen atoms in total. The summed E-state index contributed by atoms with van der Waals surface area (Å²) < 4.78 is 0. The highest BCUT2D eigenvalue weighted by atomic mass is 16.6. The first-order chi connectivity index (χ1) is 10.3. The molecule has 1 aromatic rings. The second kappa shape index (κ2) is 6.22. The Kier molecular flexibility index (Phi) is 4.54. The van der Waals surface area contributed by atoms with Gasteiger partial charge in [0.2, 0.25) is 0 Å². The summed E-state index contributed by atoms with van der Waals surface area (Å²) in [5, 5.41) is 14.2. The SMILES string of the molecule is CON=C(N)CC1CC(=O)C(c2c(C)cc(C)cc2C)=C1O. The fourth-order valence-corrected chi connectivity index (χ4v) is 3.19. The van der Waals surface area contributed by atoms with E-state index < -0.39 is 0 Å². The number of oxime groups is 1. The molecule has 0 saturated carbocycles. The number of amidine groups is 1. The average Bonchev–Trinajstić information content (AvgIpc) is 2.65. The third kappa shape index (κ3) is 2.98. The van der Waals surface area contributed by atoms with Gasteiger partial charge in [0.1, 0.15) is 18.7 Å². The van der Waals surface area contributed by atoms with Crippen molar-refractivity contribution in [3.05, 3.63) is 40.1 Å². The van der Waals surface area contributed by atoms with Gasteiger partial charge < -0.3 is 15.7 Å². The van der Waals surface area contributed by atoms with Gasteiger partial charge in [0.25, 0.3) is 0 Å². The summed E-state index contributed by atoms with van der Waals surface area (Å²) in [4.78, 5) is 17.0. The summed E-state index contributed by atoms with van der Waals surface area (Å²) in [5.41, 5.74) is 10.1. The van der Waals surface area contributed by atoms with Crippen LogP contribution in [0.25, 0.3) is 5.57 Å². The normalized spacial score (nSPS) is 19.0. The summed E-state index contributed by atoms with van der Waals surface area (Å²) >= 11 is 0. The molecule has 0 saturated heterocycles. The molecule has 0 amide bonds. The van der Waals surface area contributed by atoms with Gasteiger partial charge in [-0.3, -0.25) is 4.79 Å². The number of nitrogens with two attached hydrogens (primary N) is 1. The molecule has 0 fully saturated rings. The van der Waals surface area contributed by atoms with E-state index >= 15 is 0 Å². The molecule has 5 heteroatoms. The molecule has 118 valence electrons. The Balaban J connectivity index is 2.44. The highest BCUT2D eigenvalue weighted by Gasteiger charge is 2.35. The van der Waals surface area contributed by atoms with E-state index in [2.05, 4.69) is 9.99 Å². The van der Waals surface area contributed by atoms with Gasteiger partial charge in [-0.15, -0.1) is 0 Å². The molecule has 3 N–H and O–H groups in total. The van der Waals surface area contributed by atoms with Crippen molar-refractivity contribution >= 4 is 17.2 Å². The largest absolute Gasteiger partial charge is 0.511 e. The van der Waals surface area contributed by atoms with Crippen LogP contribution in [0.5, 0.6) is 0 Å². The second-order valence-corrected chi connectivity index (χ2v) is 5.83. The smallest absolute Gasteiger partial charge is 0.167 e. The van der Waals surface area contributed by atoms with Crippen LogP contribution < -0.4 is 5.73 Å². The van der Waals surface area contributed by atoms with Crippen LogP contribution in [0.2, 0.25) is 0 Å². The fraction of sp³-hybridized carbons (Fsp3) is 0.412. The Labute approximate surface area is 130 Å². The Bertz CT molecular complexity index is 651. The molecule has 0 aliphatic heterocycles. The number of hydrogen-bond acceptors (Lipinski definition) is 4. The minimum atomic E-state index is -0.332. The van der Waals surface area contributed by atoms with Gasteiger partial charge in [0.05, 0.1) is 5.57 Å². The van der Waals surface area contributed by atoms with Crippen molar-refractivity contribution in [3.63, 3.8) is 0 Å². The van der Waals surface area contributed by atoms with Crippen molar-refractivity contribution in [3.8, 4) is 0 Å². The van der Waals surface area contributed by atoms with E-state index in [0.717, 1.165) is 22.3 Å².